The van der Waals surface area contributed by atoms with Gasteiger partial charge in [0.25, 0.3) is 0 Å². The van der Waals surface area contributed by atoms with Gasteiger partial charge in [-0.3, -0.25) is 4.79 Å². The maximum absolute atomic E-state index is 12.5. The molecule has 1 fully saturated rings. The number of hydrogen-bond donors (Lipinski definition) is 2. The topological polar surface area (TPSA) is 48.1 Å². The fourth-order valence-corrected chi connectivity index (χ4v) is 3.64. The van der Waals surface area contributed by atoms with Crippen LogP contribution in [0.25, 0.3) is 10.9 Å². The van der Waals surface area contributed by atoms with Gasteiger partial charge in [0.05, 0.1) is 0 Å². The van der Waals surface area contributed by atoms with Crippen LogP contribution in [0.4, 0.5) is 0 Å². The molecule has 0 radical (unpaired) electrons. The summed E-state index contributed by atoms with van der Waals surface area (Å²) in [6, 6.07) is 8.39. The first-order chi connectivity index (χ1) is 10.3. The second kappa shape index (κ2) is 5.19. The van der Waals surface area contributed by atoms with Gasteiger partial charge in [0.1, 0.15) is 0 Å². The molecule has 2 aliphatic rings. The third-order valence-corrected chi connectivity index (χ3v) is 4.86. The SMILES string of the molecule is O=C(CC1CCNC1)N1CCc2[nH]c3ccccc3c2C1. The van der Waals surface area contributed by atoms with E-state index in [1.165, 1.54) is 22.2 Å². The van der Waals surface area contributed by atoms with Crippen molar-refractivity contribution in [2.75, 3.05) is 19.6 Å². The van der Waals surface area contributed by atoms with E-state index in [0.717, 1.165) is 39.0 Å². The number of carbonyl (C=O) groups excluding carboxylic acids is 1. The summed E-state index contributed by atoms with van der Waals surface area (Å²) in [4.78, 5) is 18.1. The summed E-state index contributed by atoms with van der Waals surface area (Å²) in [5.41, 5.74) is 3.81. The number of fused-ring (bicyclic) bond motifs is 3. The number of nitrogens with one attached hydrogen (secondary N) is 2. The van der Waals surface area contributed by atoms with Crippen molar-refractivity contribution >= 4 is 16.8 Å². The van der Waals surface area contributed by atoms with Gasteiger partial charge >= 0.3 is 0 Å². The Morgan fingerprint density at radius 1 is 1.33 bits per heavy atom. The standard InChI is InChI=1S/C17H21N3O/c21-17(9-12-5-7-18-10-12)20-8-6-16-14(11-20)13-3-1-2-4-15(13)19-16/h1-4,12,18-19H,5-11H2. The highest BCUT2D eigenvalue weighted by Crippen LogP contribution is 2.28. The molecule has 4 rings (SSSR count). The minimum Gasteiger partial charge on any atom is -0.358 e. The van der Waals surface area contributed by atoms with Gasteiger partial charge in [0.15, 0.2) is 0 Å². The van der Waals surface area contributed by atoms with Gasteiger partial charge in [-0.05, 0) is 31.5 Å². The number of carbonyl (C=O) groups is 1. The van der Waals surface area contributed by atoms with Crippen molar-refractivity contribution in [2.24, 2.45) is 5.92 Å². The summed E-state index contributed by atoms with van der Waals surface area (Å²) in [5.74, 6) is 0.849. The van der Waals surface area contributed by atoms with Crippen LogP contribution in [0.15, 0.2) is 24.3 Å². The first-order valence-electron chi connectivity index (χ1n) is 7.88. The maximum Gasteiger partial charge on any atom is 0.223 e. The van der Waals surface area contributed by atoms with E-state index in [0.29, 0.717) is 18.2 Å². The molecule has 1 amide bonds. The van der Waals surface area contributed by atoms with E-state index in [1.807, 2.05) is 4.90 Å². The van der Waals surface area contributed by atoms with E-state index in [1.54, 1.807) is 0 Å². The van der Waals surface area contributed by atoms with Gasteiger partial charge in [-0.2, -0.15) is 0 Å². The van der Waals surface area contributed by atoms with E-state index in [9.17, 15) is 4.79 Å². The average Bonchev–Trinajstić information content (AvgIpc) is 3.13. The van der Waals surface area contributed by atoms with Crippen molar-refractivity contribution in [3.05, 3.63) is 35.5 Å². The quantitative estimate of drug-likeness (QED) is 0.886. The van der Waals surface area contributed by atoms with Crippen molar-refractivity contribution in [1.82, 2.24) is 15.2 Å². The Hall–Kier alpha value is -1.81. The van der Waals surface area contributed by atoms with Gasteiger partial charge in [-0.15, -0.1) is 0 Å². The van der Waals surface area contributed by atoms with E-state index >= 15 is 0 Å². The minimum atomic E-state index is 0.319. The smallest absolute Gasteiger partial charge is 0.223 e. The normalized spacial score (nSPS) is 21.7. The van der Waals surface area contributed by atoms with Crippen molar-refractivity contribution in [1.29, 1.82) is 0 Å². The van der Waals surface area contributed by atoms with Crippen LogP contribution in [-0.2, 0) is 17.8 Å². The van der Waals surface area contributed by atoms with Crippen molar-refractivity contribution in [2.45, 2.75) is 25.8 Å². The lowest BCUT2D eigenvalue weighted by molar-refractivity contribution is -0.133. The summed E-state index contributed by atoms with van der Waals surface area (Å²) < 4.78 is 0. The zero-order valence-corrected chi connectivity index (χ0v) is 12.2. The molecule has 4 nitrogen and oxygen atoms in total. The second-order valence-electron chi connectivity index (χ2n) is 6.26. The number of hydrogen-bond acceptors (Lipinski definition) is 2. The molecule has 1 saturated heterocycles. The summed E-state index contributed by atoms with van der Waals surface area (Å²) >= 11 is 0. The van der Waals surface area contributed by atoms with Crippen LogP contribution in [0.5, 0.6) is 0 Å². The minimum absolute atomic E-state index is 0.319. The summed E-state index contributed by atoms with van der Waals surface area (Å²) in [6.07, 6.45) is 2.78. The highest BCUT2D eigenvalue weighted by Gasteiger charge is 2.26. The molecule has 1 unspecified atom stereocenters. The summed E-state index contributed by atoms with van der Waals surface area (Å²) in [6.45, 7) is 3.67. The van der Waals surface area contributed by atoms with Crippen LogP contribution in [0.1, 0.15) is 24.1 Å². The van der Waals surface area contributed by atoms with Crippen LogP contribution in [0, 0.1) is 5.92 Å². The third-order valence-electron chi connectivity index (χ3n) is 4.86. The number of nitrogens with zero attached hydrogens (tertiary/aromatic N) is 1. The zero-order chi connectivity index (χ0) is 14.2. The fourth-order valence-electron chi connectivity index (χ4n) is 3.64. The number of H-pyrrole nitrogens is 1. The van der Waals surface area contributed by atoms with Gasteiger partial charge in [0.2, 0.25) is 5.91 Å². The number of rotatable bonds is 2. The molecule has 3 heterocycles. The molecule has 4 heteroatoms. The summed E-state index contributed by atoms with van der Waals surface area (Å²) in [7, 11) is 0. The monoisotopic (exact) mass is 283 g/mol. The number of aromatic nitrogens is 1. The van der Waals surface area contributed by atoms with Crippen LogP contribution < -0.4 is 5.32 Å². The molecule has 1 aromatic carbocycles. The highest BCUT2D eigenvalue weighted by molar-refractivity contribution is 5.86. The van der Waals surface area contributed by atoms with Gasteiger partial charge in [0, 0.05) is 48.1 Å². The van der Waals surface area contributed by atoms with Gasteiger partial charge < -0.3 is 15.2 Å². The Balaban J connectivity index is 1.54. The number of benzene rings is 1. The maximum atomic E-state index is 12.5. The second-order valence-corrected chi connectivity index (χ2v) is 6.26. The Bertz CT molecular complexity index is 670. The Labute approximate surface area is 124 Å². The molecule has 0 spiro atoms. The molecule has 110 valence electrons. The van der Waals surface area contributed by atoms with Crippen LogP contribution in [-0.4, -0.2) is 35.4 Å². The van der Waals surface area contributed by atoms with Crippen molar-refractivity contribution in [3.8, 4) is 0 Å². The summed E-state index contributed by atoms with van der Waals surface area (Å²) in [5, 5.41) is 4.61. The third kappa shape index (κ3) is 2.33. The first kappa shape index (κ1) is 12.9. The lowest BCUT2D eigenvalue weighted by atomic mass is 10.0. The van der Waals surface area contributed by atoms with Crippen LogP contribution in [0.2, 0.25) is 0 Å². The number of aromatic amines is 1. The van der Waals surface area contributed by atoms with E-state index in [-0.39, 0.29) is 0 Å². The van der Waals surface area contributed by atoms with Crippen LogP contribution >= 0.6 is 0 Å². The van der Waals surface area contributed by atoms with Crippen molar-refractivity contribution in [3.63, 3.8) is 0 Å². The molecular weight excluding hydrogens is 262 g/mol. The van der Waals surface area contributed by atoms with Crippen molar-refractivity contribution < 1.29 is 4.79 Å². The molecule has 1 atom stereocenters. The van der Waals surface area contributed by atoms with Gasteiger partial charge in [-0.25, -0.2) is 0 Å². The molecule has 1 aromatic heterocycles. The molecule has 2 aliphatic heterocycles. The molecule has 0 bridgehead atoms. The molecular formula is C17H21N3O. The Morgan fingerprint density at radius 2 is 2.24 bits per heavy atom. The predicted octanol–water partition coefficient (Wildman–Crippen LogP) is 2.05. The number of amides is 1. The van der Waals surface area contributed by atoms with Crippen LogP contribution in [0.3, 0.4) is 0 Å². The molecule has 2 aromatic rings. The van der Waals surface area contributed by atoms with E-state index in [4.69, 9.17) is 0 Å². The molecule has 0 aliphatic carbocycles. The lowest BCUT2D eigenvalue weighted by Gasteiger charge is -2.28. The average molecular weight is 283 g/mol. The lowest BCUT2D eigenvalue weighted by Crippen LogP contribution is -2.36. The highest BCUT2D eigenvalue weighted by atomic mass is 16.2. The van der Waals surface area contributed by atoms with E-state index < -0.39 is 0 Å². The zero-order valence-electron chi connectivity index (χ0n) is 12.2. The Kier molecular flexibility index (Phi) is 3.19. The molecule has 2 N–H and O–H groups in total. The van der Waals surface area contributed by atoms with Gasteiger partial charge in [-0.1, -0.05) is 18.2 Å². The molecule has 0 saturated carbocycles. The predicted molar refractivity (Wildman–Crippen MR) is 83.0 cm³/mol. The van der Waals surface area contributed by atoms with E-state index in [2.05, 4.69) is 34.6 Å². The molecule has 21 heavy (non-hydrogen) atoms. The number of para-hydroxylation sites is 1. The fraction of sp³-hybridized carbons (Fsp3) is 0.471. The Morgan fingerprint density at radius 3 is 3.10 bits per heavy atom. The largest absolute Gasteiger partial charge is 0.358 e. The first-order valence-corrected chi connectivity index (χ1v) is 7.88.